The van der Waals surface area contributed by atoms with Gasteiger partial charge >= 0.3 is 6.03 Å². The molecule has 0 radical (unpaired) electrons. The average Bonchev–Trinajstić information content (AvgIpc) is 3.00. The lowest BCUT2D eigenvalue weighted by molar-refractivity contribution is 0.0671. The lowest BCUT2D eigenvalue weighted by Crippen LogP contribution is -2.51. The van der Waals surface area contributed by atoms with E-state index >= 15 is 0 Å². The first-order valence-electron chi connectivity index (χ1n) is 7.63. The van der Waals surface area contributed by atoms with Gasteiger partial charge in [-0.05, 0) is 24.3 Å². The van der Waals surface area contributed by atoms with Gasteiger partial charge in [0.15, 0.2) is 0 Å². The molecule has 0 saturated carbocycles. The van der Waals surface area contributed by atoms with E-state index in [1.54, 1.807) is 33.8 Å². The number of hydrogen-bond donors (Lipinski definition) is 1. The van der Waals surface area contributed by atoms with Crippen LogP contribution < -0.4 is 5.32 Å². The van der Waals surface area contributed by atoms with Crippen molar-refractivity contribution in [3.8, 4) is 0 Å². The van der Waals surface area contributed by atoms with Crippen LogP contribution in [0.15, 0.2) is 36.5 Å². The number of anilines is 1. The summed E-state index contributed by atoms with van der Waals surface area (Å²) in [5, 5.41) is 6.78. The molecule has 1 fully saturated rings. The predicted octanol–water partition coefficient (Wildman–Crippen LogP) is 1.55. The third-order valence-electron chi connectivity index (χ3n) is 4.00. The number of nitrogens with one attached hydrogen (secondary N) is 1. The van der Waals surface area contributed by atoms with Crippen LogP contribution in [-0.2, 0) is 7.05 Å². The van der Waals surface area contributed by atoms with Crippen LogP contribution in [0.5, 0.6) is 0 Å². The minimum atomic E-state index is -0.372. The van der Waals surface area contributed by atoms with Gasteiger partial charge in [-0.3, -0.25) is 14.8 Å². The van der Waals surface area contributed by atoms with Crippen molar-refractivity contribution >= 4 is 17.8 Å². The monoisotopic (exact) mass is 331 g/mol. The van der Waals surface area contributed by atoms with E-state index in [1.807, 2.05) is 0 Å². The van der Waals surface area contributed by atoms with Gasteiger partial charge < -0.3 is 9.80 Å². The van der Waals surface area contributed by atoms with Gasteiger partial charge in [0.25, 0.3) is 5.91 Å². The maximum atomic E-state index is 12.9. The molecule has 2 heterocycles. The number of aryl methyl sites for hydroxylation is 1. The second kappa shape index (κ2) is 6.69. The van der Waals surface area contributed by atoms with E-state index in [4.69, 9.17) is 0 Å². The number of halogens is 1. The first kappa shape index (κ1) is 16.0. The molecular formula is C16H18FN5O2. The standard InChI is InChI=1S/C16H18FN5O2/c1-20-14(6-7-18-20)19-16(24)22-10-8-21(9-11-22)15(23)12-2-4-13(17)5-3-12/h2-7H,8-11H2,1H3,(H,19,24). The maximum Gasteiger partial charge on any atom is 0.323 e. The molecule has 0 unspecified atom stereocenters. The van der Waals surface area contributed by atoms with Crippen molar-refractivity contribution in [1.82, 2.24) is 19.6 Å². The molecule has 7 nitrogen and oxygen atoms in total. The van der Waals surface area contributed by atoms with Gasteiger partial charge in [-0.15, -0.1) is 0 Å². The molecule has 0 atom stereocenters. The number of piperazine rings is 1. The predicted molar refractivity (Wildman–Crippen MR) is 86.1 cm³/mol. The Morgan fingerprint density at radius 3 is 2.25 bits per heavy atom. The molecule has 0 aliphatic carbocycles. The first-order valence-corrected chi connectivity index (χ1v) is 7.63. The van der Waals surface area contributed by atoms with Crippen LogP contribution in [0.1, 0.15) is 10.4 Å². The van der Waals surface area contributed by atoms with Crippen LogP contribution in [-0.4, -0.2) is 57.7 Å². The molecule has 1 aliphatic heterocycles. The summed E-state index contributed by atoms with van der Waals surface area (Å²) in [6.07, 6.45) is 1.61. The summed E-state index contributed by atoms with van der Waals surface area (Å²) < 4.78 is 14.5. The summed E-state index contributed by atoms with van der Waals surface area (Å²) >= 11 is 0. The number of benzene rings is 1. The van der Waals surface area contributed by atoms with E-state index in [1.165, 1.54) is 24.3 Å². The summed E-state index contributed by atoms with van der Waals surface area (Å²) in [5.74, 6) is 0.0923. The van der Waals surface area contributed by atoms with Crippen LogP contribution in [0, 0.1) is 5.82 Å². The Balaban J connectivity index is 1.55. The number of urea groups is 1. The third kappa shape index (κ3) is 3.37. The Kier molecular flexibility index (Phi) is 4.45. The van der Waals surface area contributed by atoms with Gasteiger partial charge in [-0.1, -0.05) is 0 Å². The van der Waals surface area contributed by atoms with Gasteiger partial charge in [-0.2, -0.15) is 5.10 Å². The van der Waals surface area contributed by atoms with Gasteiger partial charge in [0.05, 0.1) is 6.20 Å². The maximum absolute atomic E-state index is 12.9. The summed E-state index contributed by atoms with van der Waals surface area (Å²) in [6.45, 7) is 1.76. The topological polar surface area (TPSA) is 70.5 Å². The lowest BCUT2D eigenvalue weighted by Gasteiger charge is -2.34. The van der Waals surface area contributed by atoms with E-state index < -0.39 is 0 Å². The fraction of sp³-hybridized carbons (Fsp3) is 0.312. The SMILES string of the molecule is Cn1nccc1NC(=O)N1CCN(C(=O)c2ccc(F)cc2)CC1. The fourth-order valence-corrected chi connectivity index (χ4v) is 2.57. The molecule has 1 aromatic heterocycles. The van der Waals surface area contributed by atoms with E-state index in [9.17, 15) is 14.0 Å². The molecule has 1 saturated heterocycles. The summed E-state index contributed by atoms with van der Waals surface area (Å²) in [6, 6.07) is 6.98. The molecule has 1 N–H and O–H groups in total. The molecule has 8 heteroatoms. The summed E-state index contributed by atoms with van der Waals surface area (Å²) in [7, 11) is 1.74. The molecule has 1 aliphatic rings. The minimum absolute atomic E-state index is 0.151. The van der Waals surface area contributed by atoms with Gasteiger partial charge in [0, 0.05) is 44.9 Å². The zero-order valence-corrected chi connectivity index (χ0v) is 13.3. The van der Waals surface area contributed by atoms with Crippen molar-refractivity contribution < 1.29 is 14.0 Å². The Morgan fingerprint density at radius 1 is 1.04 bits per heavy atom. The van der Waals surface area contributed by atoms with Crippen LogP contribution >= 0.6 is 0 Å². The zero-order valence-electron chi connectivity index (χ0n) is 13.3. The van der Waals surface area contributed by atoms with Crippen molar-refractivity contribution in [3.63, 3.8) is 0 Å². The lowest BCUT2D eigenvalue weighted by atomic mass is 10.2. The molecule has 2 aromatic rings. The second-order valence-electron chi connectivity index (χ2n) is 5.56. The first-order chi connectivity index (χ1) is 11.5. The third-order valence-corrected chi connectivity index (χ3v) is 4.00. The van der Waals surface area contributed by atoms with Crippen LogP contribution in [0.2, 0.25) is 0 Å². The normalized spacial score (nSPS) is 14.6. The van der Waals surface area contributed by atoms with Crippen molar-refractivity contribution in [2.45, 2.75) is 0 Å². The Hall–Kier alpha value is -2.90. The number of amides is 3. The fourth-order valence-electron chi connectivity index (χ4n) is 2.57. The van der Waals surface area contributed by atoms with Gasteiger partial charge in [0.2, 0.25) is 0 Å². The smallest absolute Gasteiger partial charge is 0.323 e. The van der Waals surface area contributed by atoms with Crippen molar-refractivity contribution in [1.29, 1.82) is 0 Å². The van der Waals surface area contributed by atoms with E-state index in [0.717, 1.165) is 0 Å². The minimum Gasteiger partial charge on any atom is -0.335 e. The number of hydrogen-bond acceptors (Lipinski definition) is 3. The Bertz CT molecular complexity index is 735. The Labute approximate surface area is 138 Å². The molecule has 3 rings (SSSR count). The highest BCUT2D eigenvalue weighted by molar-refractivity contribution is 5.94. The number of nitrogens with zero attached hydrogens (tertiary/aromatic N) is 4. The van der Waals surface area contributed by atoms with Crippen molar-refractivity contribution in [2.24, 2.45) is 7.05 Å². The molecule has 0 bridgehead atoms. The van der Waals surface area contributed by atoms with E-state index in [-0.39, 0.29) is 17.8 Å². The van der Waals surface area contributed by atoms with Crippen LogP contribution in [0.3, 0.4) is 0 Å². The molecule has 126 valence electrons. The number of rotatable bonds is 2. The zero-order chi connectivity index (χ0) is 17.1. The Morgan fingerprint density at radius 2 is 1.67 bits per heavy atom. The largest absolute Gasteiger partial charge is 0.335 e. The highest BCUT2D eigenvalue weighted by Crippen LogP contribution is 2.11. The number of carbonyl (C=O) groups excluding carboxylic acids is 2. The van der Waals surface area contributed by atoms with Gasteiger partial charge in [-0.25, -0.2) is 9.18 Å². The second-order valence-corrected chi connectivity index (χ2v) is 5.56. The quantitative estimate of drug-likeness (QED) is 0.908. The molecule has 24 heavy (non-hydrogen) atoms. The molecular weight excluding hydrogens is 313 g/mol. The highest BCUT2D eigenvalue weighted by atomic mass is 19.1. The summed E-state index contributed by atoms with van der Waals surface area (Å²) in [5.41, 5.74) is 0.448. The van der Waals surface area contributed by atoms with Gasteiger partial charge in [0.1, 0.15) is 11.6 Å². The number of carbonyl (C=O) groups is 2. The van der Waals surface area contributed by atoms with Crippen LogP contribution in [0.25, 0.3) is 0 Å². The molecule has 3 amide bonds. The molecule has 1 aromatic carbocycles. The van der Waals surface area contributed by atoms with Crippen molar-refractivity contribution in [2.75, 3.05) is 31.5 Å². The van der Waals surface area contributed by atoms with Crippen molar-refractivity contribution in [3.05, 3.63) is 47.9 Å². The highest BCUT2D eigenvalue weighted by Gasteiger charge is 2.25. The molecule has 0 spiro atoms. The average molecular weight is 331 g/mol. The van der Waals surface area contributed by atoms with E-state index in [0.29, 0.717) is 37.6 Å². The van der Waals surface area contributed by atoms with Crippen LogP contribution in [0.4, 0.5) is 15.0 Å². The summed E-state index contributed by atoms with van der Waals surface area (Å²) in [4.78, 5) is 27.9. The number of aromatic nitrogens is 2. The van der Waals surface area contributed by atoms with E-state index in [2.05, 4.69) is 10.4 Å².